The number of rotatable bonds is 11. The molecule has 0 spiro atoms. The smallest absolute Gasteiger partial charge is 0.340 e. The molecule has 1 amide bonds. The van der Waals surface area contributed by atoms with Crippen molar-refractivity contribution in [2.75, 3.05) is 24.9 Å². The third-order valence-electron chi connectivity index (χ3n) is 6.62. The Labute approximate surface area is 244 Å². The largest absolute Gasteiger partial charge is 0.387 e. The van der Waals surface area contributed by atoms with Gasteiger partial charge in [-0.25, -0.2) is 19.9 Å². The Bertz CT molecular complexity index is 1590. The summed E-state index contributed by atoms with van der Waals surface area (Å²) in [5, 5.41) is 43.0. The monoisotopic (exact) mass is 667 g/mol. The zero-order valence-corrected chi connectivity index (χ0v) is 24.3. The first-order valence-electron chi connectivity index (χ1n) is 12.3. The Morgan fingerprint density at radius 3 is 2.23 bits per heavy atom. The molecule has 10 atom stereocenters. The van der Waals surface area contributed by atoms with Gasteiger partial charge in [0.15, 0.2) is 23.6 Å². The summed E-state index contributed by atoms with van der Waals surface area (Å²) in [5.74, 6) is -2.14. The van der Waals surface area contributed by atoms with Gasteiger partial charge in [-0.1, -0.05) is 0 Å². The van der Waals surface area contributed by atoms with Gasteiger partial charge in [-0.2, -0.15) is 0 Å². The van der Waals surface area contributed by atoms with Crippen LogP contribution in [0.3, 0.4) is 0 Å². The molecular weight excluding hydrogens is 640 g/mol. The summed E-state index contributed by atoms with van der Waals surface area (Å²) in [4.78, 5) is 47.5. The number of aliphatic hydroxyl groups is 4. The summed E-state index contributed by atoms with van der Waals surface area (Å²) >= 11 is 0.932. The minimum Gasteiger partial charge on any atom is -0.387 e. The molecule has 2 unspecified atom stereocenters. The Hall–Kier alpha value is -2.49. The molecule has 5 rings (SSSR count). The summed E-state index contributed by atoms with van der Waals surface area (Å²) in [5.41, 5.74) is 11.2. The number of carbonyl (C=O) groups is 1. The maximum Gasteiger partial charge on any atom is 0.340 e. The molecule has 43 heavy (non-hydrogen) atoms. The van der Waals surface area contributed by atoms with E-state index >= 15 is 0 Å². The topological polar surface area (TPSA) is 318 Å². The van der Waals surface area contributed by atoms with Crippen molar-refractivity contribution in [2.45, 2.75) is 49.0 Å². The third kappa shape index (κ3) is 6.64. The quantitative estimate of drug-likeness (QED) is 0.101. The fourth-order valence-corrected chi connectivity index (χ4v) is 8.56. The molecule has 0 saturated carbocycles. The van der Waals surface area contributed by atoms with Crippen LogP contribution in [0.1, 0.15) is 27.8 Å². The maximum absolute atomic E-state index is 12.6. The van der Waals surface area contributed by atoms with Crippen molar-refractivity contribution in [3.8, 4) is 0 Å². The molecule has 2 fully saturated rings. The van der Waals surface area contributed by atoms with Gasteiger partial charge in [0.05, 0.1) is 19.5 Å². The van der Waals surface area contributed by atoms with E-state index in [4.69, 9.17) is 30.0 Å². The lowest BCUT2D eigenvalue weighted by atomic mass is 10.1. The van der Waals surface area contributed by atoms with Gasteiger partial charge in [0.25, 0.3) is 5.91 Å². The standard InChI is InChI=1S/C20H27N7O13P2S/c21-16-10-18(24-4-23-16)27(5-25-10)20-14(31)12(29)9(40-20)2-38-42(35,36)6-41(33,34)37-1-8-11(28)13(30)15(39-8)19-26-7(3-43-19)17(22)32/h3-5,8-9,11-15,20,28-31H,1-2,6H2,(H2,22,32)(H,33,34)(H,35,36)(H2,21,23,24)/t8-,9+,11+,12-,13+,14-,15-,20+/m1/s1. The molecule has 0 bridgehead atoms. The first-order valence-corrected chi connectivity index (χ1v) is 16.7. The van der Waals surface area contributed by atoms with Crippen molar-refractivity contribution in [1.29, 1.82) is 0 Å². The average Bonchev–Trinajstić information content (AvgIpc) is 3.70. The van der Waals surface area contributed by atoms with Crippen molar-refractivity contribution in [1.82, 2.24) is 24.5 Å². The highest BCUT2D eigenvalue weighted by atomic mass is 32.1. The van der Waals surface area contributed by atoms with Gasteiger partial charge in [0.2, 0.25) is 0 Å². The number of imidazole rings is 1. The maximum atomic E-state index is 12.6. The van der Waals surface area contributed by atoms with Crippen LogP contribution in [0.4, 0.5) is 5.82 Å². The number of anilines is 1. The molecule has 3 aromatic heterocycles. The van der Waals surface area contributed by atoms with Gasteiger partial charge < -0.3 is 60.2 Å². The van der Waals surface area contributed by atoms with Crippen LogP contribution in [0.2, 0.25) is 0 Å². The molecule has 20 nitrogen and oxygen atoms in total. The number of hydrogen-bond acceptors (Lipinski definition) is 17. The number of nitrogens with zero attached hydrogens (tertiary/aromatic N) is 5. The first-order chi connectivity index (χ1) is 20.2. The second-order valence-corrected chi connectivity index (χ2v) is 14.7. The SMILES string of the molecule is NC(=O)c1csc([C@@H]2O[C@H](COP(=O)(O)CP(=O)(O)OC[C@@H]3O[C@H](n4cnc5c(N)ncnc54)[C@H](O)[C@@H]3O)[C@H](O)[C@@H]2O)n1. The van der Waals surface area contributed by atoms with E-state index in [1.54, 1.807) is 0 Å². The van der Waals surface area contributed by atoms with Crippen molar-refractivity contribution >= 4 is 49.4 Å². The number of amides is 1. The van der Waals surface area contributed by atoms with Crippen LogP contribution in [0.25, 0.3) is 11.2 Å². The number of aromatic nitrogens is 5. The van der Waals surface area contributed by atoms with Crippen LogP contribution in [0.5, 0.6) is 0 Å². The van der Waals surface area contributed by atoms with Gasteiger partial charge in [-0.05, 0) is 0 Å². The lowest BCUT2D eigenvalue weighted by Gasteiger charge is -2.21. The first kappa shape index (κ1) is 31.9. The number of carbonyl (C=O) groups excluding carboxylic acids is 1. The fraction of sp³-hybridized carbons (Fsp3) is 0.550. The highest BCUT2D eigenvalue weighted by molar-refractivity contribution is 7.70. The van der Waals surface area contributed by atoms with E-state index in [1.807, 2.05) is 0 Å². The number of fused-ring (bicyclic) bond motifs is 1. The number of primary amides is 1. The number of nitrogens with two attached hydrogens (primary N) is 2. The van der Waals surface area contributed by atoms with Crippen LogP contribution < -0.4 is 11.5 Å². The molecule has 10 N–H and O–H groups in total. The Kier molecular flexibility index (Phi) is 9.00. The molecule has 0 radical (unpaired) electrons. The van der Waals surface area contributed by atoms with Gasteiger partial charge >= 0.3 is 15.2 Å². The minimum atomic E-state index is -4.87. The number of nitrogen functional groups attached to an aromatic ring is 1. The van der Waals surface area contributed by atoms with Crippen LogP contribution in [0.15, 0.2) is 18.0 Å². The van der Waals surface area contributed by atoms with Crippen molar-refractivity contribution < 1.29 is 62.7 Å². The molecule has 236 valence electrons. The number of thiazole rings is 1. The molecule has 3 aromatic rings. The van der Waals surface area contributed by atoms with Gasteiger partial charge in [0.1, 0.15) is 65.3 Å². The predicted octanol–water partition coefficient (Wildman–Crippen LogP) is -2.19. The van der Waals surface area contributed by atoms with E-state index in [9.17, 15) is 44.1 Å². The van der Waals surface area contributed by atoms with Gasteiger partial charge in [0, 0.05) is 5.38 Å². The van der Waals surface area contributed by atoms with E-state index < -0.39 is 89.2 Å². The van der Waals surface area contributed by atoms with E-state index in [1.165, 1.54) is 16.3 Å². The second-order valence-electron chi connectivity index (χ2n) is 9.65. The van der Waals surface area contributed by atoms with Crippen molar-refractivity contribution in [3.05, 3.63) is 28.7 Å². The van der Waals surface area contributed by atoms with Crippen LogP contribution in [0, 0.1) is 0 Å². The summed E-state index contributed by atoms with van der Waals surface area (Å²) in [6, 6.07) is 0. The highest BCUT2D eigenvalue weighted by Crippen LogP contribution is 2.58. The molecule has 0 aromatic carbocycles. The Balaban J connectivity index is 1.15. The molecule has 5 heterocycles. The molecule has 2 aliphatic heterocycles. The lowest BCUT2D eigenvalue weighted by molar-refractivity contribution is -0.0484. The molecule has 2 saturated heterocycles. The molecule has 23 heteroatoms. The average molecular weight is 667 g/mol. The van der Waals surface area contributed by atoms with Crippen molar-refractivity contribution in [2.24, 2.45) is 5.73 Å². The van der Waals surface area contributed by atoms with E-state index in [0.717, 1.165) is 17.7 Å². The zero-order chi connectivity index (χ0) is 31.3. The molecule has 2 aliphatic rings. The van der Waals surface area contributed by atoms with Gasteiger partial charge in [-0.15, -0.1) is 11.3 Å². The van der Waals surface area contributed by atoms with Crippen LogP contribution in [-0.4, -0.2) is 116 Å². The zero-order valence-electron chi connectivity index (χ0n) is 21.7. The lowest BCUT2D eigenvalue weighted by Crippen LogP contribution is -2.33. The normalized spacial score (nSPS) is 32.1. The van der Waals surface area contributed by atoms with E-state index in [2.05, 4.69) is 19.9 Å². The number of aliphatic hydroxyl groups excluding tert-OH is 4. The summed E-state index contributed by atoms with van der Waals surface area (Å²) < 4.78 is 47.4. The Morgan fingerprint density at radius 2 is 1.60 bits per heavy atom. The minimum absolute atomic E-state index is 0.0665. The van der Waals surface area contributed by atoms with Gasteiger partial charge in [-0.3, -0.25) is 18.5 Å². The van der Waals surface area contributed by atoms with E-state index in [-0.39, 0.29) is 27.7 Å². The second kappa shape index (κ2) is 12.1. The Morgan fingerprint density at radius 1 is 0.977 bits per heavy atom. The molecular formula is C20H27N7O13P2S. The fourth-order valence-electron chi connectivity index (χ4n) is 4.46. The van der Waals surface area contributed by atoms with E-state index in [0.29, 0.717) is 0 Å². The molecule has 0 aliphatic carbocycles. The highest BCUT2D eigenvalue weighted by Gasteiger charge is 2.48. The summed E-state index contributed by atoms with van der Waals surface area (Å²) in [7, 11) is -9.73. The number of hydrogen-bond donors (Lipinski definition) is 8. The van der Waals surface area contributed by atoms with Crippen molar-refractivity contribution in [3.63, 3.8) is 0 Å². The third-order valence-corrected chi connectivity index (χ3v) is 11.5. The summed E-state index contributed by atoms with van der Waals surface area (Å²) in [6.45, 7) is -1.55. The van der Waals surface area contributed by atoms with Crippen LogP contribution in [-0.2, 0) is 27.7 Å². The summed E-state index contributed by atoms with van der Waals surface area (Å²) in [6.07, 6.45) is -9.01. The number of ether oxygens (including phenoxy) is 2. The predicted molar refractivity (Wildman–Crippen MR) is 142 cm³/mol. The van der Waals surface area contributed by atoms with Crippen LogP contribution >= 0.6 is 26.5 Å².